The van der Waals surface area contributed by atoms with Crippen LogP contribution in [0.5, 0.6) is 0 Å². The minimum atomic E-state index is -0.467. The van der Waals surface area contributed by atoms with Crippen molar-refractivity contribution in [3.05, 3.63) is 52.8 Å². The number of hydrogen-bond donors (Lipinski definition) is 0. The Morgan fingerprint density at radius 3 is 2.64 bits per heavy atom. The van der Waals surface area contributed by atoms with Crippen molar-refractivity contribution in [3.63, 3.8) is 0 Å². The van der Waals surface area contributed by atoms with Crippen molar-refractivity contribution in [3.8, 4) is 0 Å². The lowest BCUT2D eigenvalue weighted by Crippen LogP contribution is -2.39. The zero-order chi connectivity index (χ0) is 22.8. The number of carbonyl (C=O) groups excluding carboxylic acids is 2. The lowest BCUT2D eigenvalue weighted by atomic mass is 10.1. The standard InChI is InChI=1S/C23H24BrFN4O2S.ClH/c1-27(2)10-3-11-28(23-26-19-9-4-16(24)13-20(19)32-23)22(31)15-12-21(30)29(14-15)18-7-5-17(25)6-8-18;/h4-9,13,15H,3,10-12,14H2,1-2H3;1H. The van der Waals surface area contributed by atoms with E-state index in [-0.39, 0.29) is 43.0 Å². The molecular weight excluding hydrogens is 531 g/mol. The molecule has 1 unspecified atom stereocenters. The van der Waals surface area contributed by atoms with E-state index < -0.39 is 5.92 Å². The number of halogens is 3. The van der Waals surface area contributed by atoms with Crippen LogP contribution in [-0.2, 0) is 9.59 Å². The molecule has 2 amide bonds. The van der Waals surface area contributed by atoms with Crippen LogP contribution < -0.4 is 9.80 Å². The molecule has 3 aromatic rings. The first kappa shape index (κ1) is 25.6. The number of anilines is 2. The van der Waals surface area contributed by atoms with Gasteiger partial charge in [-0.3, -0.25) is 14.5 Å². The summed E-state index contributed by atoms with van der Waals surface area (Å²) in [6.45, 7) is 1.65. The van der Waals surface area contributed by atoms with Crippen LogP contribution in [0.15, 0.2) is 46.9 Å². The highest BCUT2D eigenvalue weighted by atomic mass is 79.9. The van der Waals surface area contributed by atoms with Crippen LogP contribution in [0, 0.1) is 11.7 Å². The van der Waals surface area contributed by atoms with Gasteiger partial charge >= 0.3 is 0 Å². The van der Waals surface area contributed by atoms with Gasteiger partial charge in [-0.15, -0.1) is 12.4 Å². The number of nitrogens with zero attached hydrogens (tertiary/aromatic N) is 4. The van der Waals surface area contributed by atoms with E-state index in [4.69, 9.17) is 4.98 Å². The smallest absolute Gasteiger partial charge is 0.234 e. The van der Waals surface area contributed by atoms with Gasteiger partial charge in [0.2, 0.25) is 11.8 Å². The first-order valence-electron chi connectivity index (χ1n) is 10.4. The lowest BCUT2D eigenvalue weighted by molar-refractivity contribution is -0.124. The molecule has 0 spiro atoms. The molecule has 0 aliphatic carbocycles. The van der Waals surface area contributed by atoms with Crippen molar-refractivity contribution in [1.82, 2.24) is 9.88 Å². The van der Waals surface area contributed by atoms with Gasteiger partial charge in [-0.05, 0) is 69.5 Å². The molecule has 1 aliphatic rings. The molecule has 1 aliphatic heterocycles. The van der Waals surface area contributed by atoms with Crippen LogP contribution in [0.25, 0.3) is 10.2 Å². The third-order valence-electron chi connectivity index (χ3n) is 5.44. The highest BCUT2D eigenvalue weighted by Crippen LogP contribution is 2.33. The Kier molecular flexibility index (Phi) is 8.44. The summed E-state index contributed by atoms with van der Waals surface area (Å²) in [5.41, 5.74) is 1.45. The zero-order valence-electron chi connectivity index (χ0n) is 18.3. The fourth-order valence-corrected chi connectivity index (χ4v) is 5.36. The van der Waals surface area contributed by atoms with Gasteiger partial charge in [-0.2, -0.15) is 0 Å². The van der Waals surface area contributed by atoms with Gasteiger partial charge < -0.3 is 9.80 Å². The topological polar surface area (TPSA) is 56.8 Å². The average molecular weight is 556 g/mol. The molecule has 1 aromatic heterocycles. The summed E-state index contributed by atoms with van der Waals surface area (Å²) in [6, 6.07) is 11.6. The second kappa shape index (κ2) is 10.9. The van der Waals surface area contributed by atoms with Crippen LogP contribution >= 0.6 is 39.7 Å². The molecule has 0 radical (unpaired) electrons. The van der Waals surface area contributed by atoms with Gasteiger partial charge in [-0.25, -0.2) is 9.37 Å². The van der Waals surface area contributed by atoms with Crippen molar-refractivity contribution in [2.45, 2.75) is 12.8 Å². The fourth-order valence-electron chi connectivity index (χ4n) is 3.81. The number of carbonyl (C=O) groups is 2. The minimum Gasteiger partial charge on any atom is -0.312 e. The summed E-state index contributed by atoms with van der Waals surface area (Å²) in [6.07, 6.45) is 0.928. The van der Waals surface area contributed by atoms with Gasteiger partial charge in [0.1, 0.15) is 5.82 Å². The predicted molar refractivity (Wildman–Crippen MR) is 137 cm³/mol. The quantitative estimate of drug-likeness (QED) is 0.414. The average Bonchev–Trinajstić information content (AvgIpc) is 3.34. The predicted octanol–water partition coefficient (Wildman–Crippen LogP) is 4.96. The van der Waals surface area contributed by atoms with Crippen LogP contribution in [0.4, 0.5) is 15.2 Å². The van der Waals surface area contributed by atoms with E-state index in [1.54, 1.807) is 21.9 Å². The SMILES string of the molecule is CN(C)CCCN(C(=O)C1CC(=O)N(c2ccc(F)cc2)C1)c1nc2ccc(Br)cc2s1.Cl. The Hall–Kier alpha value is -2.07. The molecule has 6 nitrogen and oxygen atoms in total. The van der Waals surface area contributed by atoms with Crippen LogP contribution in [0.1, 0.15) is 12.8 Å². The Morgan fingerprint density at radius 2 is 1.94 bits per heavy atom. The number of hydrogen-bond acceptors (Lipinski definition) is 5. The van der Waals surface area contributed by atoms with E-state index >= 15 is 0 Å². The number of thiazole rings is 1. The summed E-state index contributed by atoms with van der Waals surface area (Å²) in [4.78, 5) is 36.3. The Bertz CT molecular complexity index is 1140. The molecule has 1 saturated heterocycles. The molecule has 0 saturated carbocycles. The lowest BCUT2D eigenvalue weighted by Gasteiger charge is -2.24. The number of rotatable bonds is 7. The van der Waals surface area contributed by atoms with Crippen molar-refractivity contribution in [2.24, 2.45) is 5.92 Å². The van der Waals surface area contributed by atoms with E-state index in [9.17, 15) is 14.0 Å². The summed E-state index contributed by atoms with van der Waals surface area (Å²) in [5, 5.41) is 0.648. The Labute approximate surface area is 210 Å². The second-order valence-corrected chi connectivity index (χ2v) is 10.1. The molecule has 0 bridgehead atoms. The maximum Gasteiger partial charge on any atom is 0.234 e. The van der Waals surface area contributed by atoms with Crippen molar-refractivity contribution in [1.29, 1.82) is 0 Å². The van der Waals surface area contributed by atoms with Crippen molar-refractivity contribution in [2.75, 3.05) is 43.5 Å². The summed E-state index contributed by atoms with van der Waals surface area (Å²) < 4.78 is 15.2. The van der Waals surface area contributed by atoms with Gasteiger partial charge in [0.25, 0.3) is 0 Å². The number of amides is 2. The number of aromatic nitrogens is 1. The Balaban J connectivity index is 0.00000306. The minimum absolute atomic E-state index is 0. The zero-order valence-corrected chi connectivity index (χ0v) is 21.6. The first-order valence-corrected chi connectivity index (χ1v) is 12.0. The van der Waals surface area contributed by atoms with E-state index in [0.717, 1.165) is 27.7 Å². The molecule has 1 atom stereocenters. The van der Waals surface area contributed by atoms with Crippen LogP contribution in [0.3, 0.4) is 0 Å². The normalized spacial score (nSPS) is 15.8. The maximum absolute atomic E-state index is 13.6. The molecule has 33 heavy (non-hydrogen) atoms. The monoisotopic (exact) mass is 554 g/mol. The van der Waals surface area contributed by atoms with Crippen molar-refractivity contribution < 1.29 is 14.0 Å². The molecule has 1 fully saturated rings. The van der Waals surface area contributed by atoms with Gasteiger partial charge in [0.15, 0.2) is 5.13 Å². The second-order valence-electron chi connectivity index (χ2n) is 8.14. The van der Waals surface area contributed by atoms with Crippen LogP contribution in [0.2, 0.25) is 0 Å². The van der Waals surface area contributed by atoms with E-state index in [1.165, 1.54) is 23.5 Å². The summed E-state index contributed by atoms with van der Waals surface area (Å²) in [7, 11) is 4.00. The fraction of sp³-hybridized carbons (Fsp3) is 0.348. The molecule has 2 aromatic carbocycles. The van der Waals surface area contributed by atoms with Crippen LogP contribution in [-0.4, -0.2) is 55.4 Å². The van der Waals surface area contributed by atoms with E-state index in [1.807, 2.05) is 32.3 Å². The highest BCUT2D eigenvalue weighted by Gasteiger charge is 2.38. The molecule has 2 heterocycles. The van der Waals surface area contributed by atoms with E-state index in [2.05, 4.69) is 20.8 Å². The molecule has 176 valence electrons. The van der Waals surface area contributed by atoms with Gasteiger partial charge in [0, 0.05) is 29.7 Å². The van der Waals surface area contributed by atoms with E-state index in [0.29, 0.717) is 17.4 Å². The largest absolute Gasteiger partial charge is 0.312 e. The summed E-state index contributed by atoms with van der Waals surface area (Å²) >= 11 is 4.96. The van der Waals surface area contributed by atoms with Gasteiger partial charge in [-0.1, -0.05) is 27.3 Å². The Morgan fingerprint density at radius 1 is 1.21 bits per heavy atom. The molecule has 0 N–H and O–H groups in total. The summed E-state index contributed by atoms with van der Waals surface area (Å²) in [5.74, 6) is -1.05. The third kappa shape index (κ3) is 5.90. The molecule has 4 rings (SSSR count). The first-order chi connectivity index (χ1) is 15.3. The number of benzene rings is 2. The molecular formula is C23H25BrClFN4O2S. The highest BCUT2D eigenvalue weighted by molar-refractivity contribution is 9.10. The van der Waals surface area contributed by atoms with Gasteiger partial charge in [0.05, 0.1) is 16.1 Å². The van der Waals surface area contributed by atoms with Crippen molar-refractivity contribution >= 4 is 72.5 Å². The number of fused-ring (bicyclic) bond motifs is 1. The maximum atomic E-state index is 13.6. The molecule has 10 heteroatoms. The third-order valence-corrected chi connectivity index (χ3v) is 6.97.